The zero-order valence-corrected chi connectivity index (χ0v) is 9.93. The fourth-order valence-electron chi connectivity index (χ4n) is 2.00. The van der Waals surface area contributed by atoms with Crippen LogP contribution in [-0.2, 0) is 4.74 Å². The van der Waals surface area contributed by atoms with Crippen LogP contribution in [0.3, 0.4) is 0 Å². The standard InChI is InChI=1S/C12H17N3O2/c1-17-12(15-8-6-14-7-9-15)11(16)10-2-4-13-5-3-10/h2-5,12,14H,6-9H2,1H3. The van der Waals surface area contributed by atoms with E-state index in [1.807, 2.05) is 0 Å². The van der Waals surface area contributed by atoms with Crippen LogP contribution in [0.25, 0.3) is 0 Å². The lowest BCUT2D eigenvalue weighted by molar-refractivity contribution is -0.0207. The molecule has 5 nitrogen and oxygen atoms in total. The predicted molar refractivity (Wildman–Crippen MR) is 63.8 cm³/mol. The Labute approximate surface area is 101 Å². The molecule has 1 fully saturated rings. The zero-order valence-electron chi connectivity index (χ0n) is 9.93. The summed E-state index contributed by atoms with van der Waals surface area (Å²) in [5, 5.41) is 3.25. The molecule has 0 bridgehead atoms. The Hall–Kier alpha value is -1.30. The minimum absolute atomic E-state index is 0.00296. The molecule has 92 valence electrons. The molecule has 0 aliphatic carbocycles. The van der Waals surface area contributed by atoms with E-state index >= 15 is 0 Å². The van der Waals surface area contributed by atoms with Gasteiger partial charge in [0.15, 0.2) is 6.23 Å². The highest BCUT2D eigenvalue weighted by Gasteiger charge is 2.27. The summed E-state index contributed by atoms with van der Waals surface area (Å²) in [6.07, 6.45) is 2.76. The molecule has 0 amide bonds. The van der Waals surface area contributed by atoms with E-state index in [9.17, 15) is 4.79 Å². The fraction of sp³-hybridized carbons (Fsp3) is 0.500. The highest BCUT2D eigenvalue weighted by atomic mass is 16.5. The van der Waals surface area contributed by atoms with E-state index in [2.05, 4.69) is 15.2 Å². The number of ketones is 1. The third kappa shape index (κ3) is 2.88. The Morgan fingerprint density at radius 2 is 2.06 bits per heavy atom. The first-order valence-corrected chi connectivity index (χ1v) is 5.74. The van der Waals surface area contributed by atoms with Crippen LogP contribution in [0.15, 0.2) is 24.5 Å². The number of hydrogen-bond donors (Lipinski definition) is 1. The highest BCUT2D eigenvalue weighted by molar-refractivity contribution is 5.99. The van der Waals surface area contributed by atoms with Crippen molar-refractivity contribution in [2.24, 2.45) is 0 Å². The van der Waals surface area contributed by atoms with Crippen LogP contribution in [0.2, 0.25) is 0 Å². The van der Waals surface area contributed by atoms with Crippen molar-refractivity contribution in [3.05, 3.63) is 30.1 Å². The maximum Gasteiger partial charge on any atom is 0.206 e. The van der Waals surface area contributed by atoms with Crippen LogP contribution in [0.4, 0.5) is 0 Å². The van der Waals surface area contributed by atoms with Gasteiger partial charge in [0.25, 0.3) is 0 Å². The maximum atomic E-state index is 12.3. The largest absolute Gasteiger partial charge is 0.359 e. The molecule has 1 aliphatic rings. The van der Waals surface area contributed by atoms with Gasteiger partial charge in [-0.2, -0.15) is 0 Å². The van der Waals surface area contributed by atoms with Gasteiger partial charge in [-0.3, -0.25) is 14.7 Å². The Balaban J connectivity index is 2.09. The molecule has 1 aromatic rings. The van der Waals surface area contributed by atoms with Crippen molar-refractivity contribution in [2.45, 2.75) is 6.23 Å². The number of nitrogens with zero attached hydrogens (tertiary/aromatic N) is 2. The van der Waals surface area contributed by atoms with Gasteiger partial charge in [0.05, 0.1) is 0 Å². The van der Waals surface area contributed by atoms with E-state index in [0.717, 1.165) is 26.2 Å². The van der Waals surface area contributed by atoms with Crippen LogP contribution in [0.5, 0.6) is 0 Å². The van der Waals surface area contributed by atoms with Gasteiger partial charge in [0.1, 0.15) is 0 Å². The fourth-order valence-corrected chi connectivity index (χ4v) is 2.00. The summed E-state index contributed by atoms with van der Waals surface area (Å²) in [6.45, 7) is 3.44. The second kappa shape index (κ2) is 5.86. The SMILES string of the molecule is COC(C(=O)c1ccncc1)N1CCNCC1. The third-order valence-electron chi connectivity index (χ3n) is 2.90. The lowest BCUT2D eigenvalue weighted by Gasteiger charge is -2.32. The topological polar surface area (TPSA) is 54.5 Å². The van der Waals surface area contributed by atoms with Crippen molar-refractivity contribution in [3.8, 4) is 0 Å². The molecule has 1 aromatic heterocycles. The van der Waals surface area contributed by atoms with Gasteiger partial charge in [-0.1, -0.05) is 0 Å². The van der Waals surface area contributed by atoms with Gasteiger partial charge in [0, 0.05) is 51.2 Å². The molecule has 1 saturated heterocycles. The van der Waals surface area contributed by atoms with E-state index in [0.29, 0.717) is 5.56 Å². The zero-order chi connectivity index (χ0) is 12.1. The molecule has 1 atom stereocenters. The minimum atomic E-state index is -0.487. The van der Waals surface area contributed by atoms with E-state index in [4.69, 9.17) is 4.74 Å². The molecule has 0 saturated carbocycles. The van der Waals surface area contributed by atoms with Gasteiger partial charge < -0.3 is 10.1 Å². The molecule has 1 unspecified atom stereocenters. The summed E-state index contributed by atoms with van der Waals surface area (Å²) in [4.78, 5) is 18.2. The summed E-state index contributed by atoms with van der Waals surface area (Å²) in [7, 11) is 1.58. The van der Waals surface area contributed by atoms with Gasteiger partial charge in [0.2, 0.25) is 5.78 Å². The van der Waals surface area contributed by atoms with E-state index < -0.39 is 6.23 Å². The molecular formula is C12H17N3O2. The smallest absolute Gasteiger partial charge is 0.206 e. The second-order valence-corrected chi connectivity index (χ2v) is 3.97. The number of methoxy groups -OCH3 is 1. The van der Waals surface area contributed by atoms with Crippen molar-refractivity contribution in [3.63, 3.8) is 0 Å². The molecule has 5 heteroatoms. The Morgan fingerprint density at radius 1 is 1.41 bits per heavy atom. The summed E-state index contributed by atoms with van der Waals surface area (Å²) < 4.78 is 5.33. The molecular weight excluding hydrogens is 218 g/mol. The lowest BCUT2D eigenvalue weighted by Crippen LogP contribution is -2.52. The van der Waals surface area contributed by atoms with Crippen molar-refractivity contribution in [1.29, 1.82) is 0 Å². The molecule has 0 radical (unpaired) electrons. The number of ether oxygens (including phenoxy) is 1. The van der Waals surface area contributed by atoms with Crippen LogP contribution in [0.1, 0.15) is 10.4 Å². The monoisotopic (exact) mass is 235 g/mol. The second-order valence-electron chi connectivity index (χ2n) is 3.97. The van der Waals surface area contributed by atoms with Crippen LogP contribution in [-0.4, -0.2) is 55.2 Å². The molecule has 17 heavy (non-hydrogen) atoms. The number of piperazine rings is 1. The third-order valence-corrected chi connectivity index (χ3v) is 2.90. The van der Waals surface area contributed by atoms with Crippen molar-refractivity contribution in [1.82, 2.24) is 15.2 Å². The van der Waals surface area contributed by atoms with E-state index in [1.165, 1.54) is 0 Å². The average Bonchev–Trinajstić information content (AvgIpc) is 2.42. The molecule has 0 aromatic carbocycles. The number of aromatic nitrogens is 1. The van der Waals surface area contributed by atoms with Crippen molar-refractivity contribution >= 4 is 5.78 Å². The molecule has 1 N–H and O–H groups in total. The summed E-state index contributed by atoms with van der Waals surface area (Å²) in [5.41, 5.74) is 0.644. The number of nitrogens with one attached hydrogen (secondary N) is 1. The quantitative estimate of drug-likeness (QED) is 0.752. The average molecular weight is 235 g/mol. The number of pyridine rings is 1. The number of hydrogen-bond acceptors (Lipinski definition) is 5. The van der Waals surface area contributed by atoms with E-state index in [1.54, 1.807) is 31.6 Å². The summed E-state index contributed by atoms with van der Waals surface area (Å²) in [5.74, 6) is -0.00296. The lowest BCUT2D eigenvalue weighted by atomic mass is 10.1. The van der Waals surface area contributed by atoms with Crippen LogP contribution < -0.4 is 5.32 Å². The Bertz CT molecular complexity index is 363. The van der Waals surface area contributed by atoms with Crippen molar-refractivity contribution in [2.75, 3.05) is 33.3 Å². The number of carbonyl (C=O) groups is 1. The van der Waals surface area contributed by atoms with Crippen LogP contribution in [0, 0.1) is 0 Å². The van der Waals surface area contributed by atoms with E-state index in [-0.39, 0.29) is 5.78 Å². The van der Waals surface area contributed by atoms with Crippen LogP contribution >= 0.6 is 0 Å². The predicted octanol–water partition coefficient (Wildman–Crippen LogP) is 0.142. The Kier molecular flexibility index (Phi) is 4.19. The first-order chi connectivity index (χ1) is 8.33. The first kappa shape index (κ1) is 12.2. The number of rotatable bonds is 4. The van der Waals surface area contributed by atoms with Crippen molar-refractivity contribution < 1.29 is 9.53 Å². The highest BCUT2D eigenvalue weighted by Crippen LogP contribution is 2.10. The summed E-state index contributed by atoms with van der Waals surface area (Å²) in [6, 6.07) is 3.44. The van der Waals surface area contributed by atoms with Gasteiger partial charge in [-0.05, 0) is 12.1 Å². The normalized spacial score (nSPS) is 18.9. The molecule has 2 heterocycles. The summed E-state index contributed by atoms with van der Waals surface area (Å²) >= 11 is 0. The molecule has 0 spiro atoms. The Morgan fingerprint density at radius 3 is 2.65 bits per heavy atom. The number of carbonyl (C=O) groups excluding carboxylic acids is 1. The van der Waals surface area contributed by atoms with Gasteiger partial charge >= 0.3 is 0 Å². The maximum absolute atomic E-state index is 12.3. The van der Waals surface area contributed by atoms with Gasteiger partial charge in [-0.25, -0.2) is 0 Å². The van der Waals surface area contributed by atoms with Gasteiger partial charge in [-0.15, -0.1) is 0 Å². The minimum Gasteiger partial charge on any atom is -0.359 e. The first-order valence-electron chi connectivity index (χ1n) is 5.74. The molecule has 1 aliphatic heterocycles. The molecule has 2 rings (SSSR count). The number of Topliss-reactive ketones (excluding diaryl/α,β-unsaturated/α-hetero) is 1.